The molecule has 4 heteroatoms. The molecule has 3 aromatic carbocycles. The molecule has 0 aromatic heterocycles. The number of aliphatic imine (C=N–C) groups is 1. The summed E-state index contributed by atoms with van der Waals surface area (Å²) in [6.45, 7) is 0.566. The van der Waals surface area contributed by atoms with Gasteiger partial charge in [-0.15, -0.1) is 24.0 Å². The van der Waals surface area contributed by atoms with Crippen molar-refractivity contribution < 1.29 is 0 Å². The van der Waals surface area contributed by atoms with E-state index in [4.69, 9.17) is 5.73 Å². The molecule has 0 amide bonds. The highest BCUT2D eigenvalue weighted by atomic mass is 127. The third-order valence-corrected chi connectivity index (χ3v) is 3.29. The van der Waals surface area contributed by atoms with Crippen molar-refractivity contribution in [3.63, 3.8) is 0 Å². The van der Waals surface area contributed by atoms with Gasteiger partial charge in [0.1, 0.15) is 0 Å². The Bertz CT molecular complexity index is 769. The largest absolute Gasteiger partial charge is 0.370 e. The van der Waals surface area contributed by atoms with Gasteiger partial charge in [-0.3, -0.25) is 0 Å². The highest BCUT2D eigenvalue weighted by Crippen LogP contribution is 2.16. The van der Waals surface area contributed by atoms with Gasteiger partial charge in [-0.25, -0.2) is 4.99 Å². The standard InChI is InChI=1S/C18H17N3.HI/c19-18(21-17-8-2-1-3-9-17)20-13-14-10-11-15-6-4-5-7-16(15)12-14;/h1-12H,13H2,(H3,19,20,21);1H. The van der Waals surface area contributed by atoms with Gasteiger partial charge in [-0.05, 0) is 34.5 Å². The molecule has 3 nitrogen and oxygen atoms in total. The molecule has 0 spiro atoms. The first-order valence-corrected chi connectivity index (χ1v) is 6.91. The zero-order chi connectivity index (χ0) is 14.5. The lowest BCUT2D eigenvalue weighted by Gasteiger charge is -2.05. The van der Waals surface area contributed by atoms with Gasteiger partial charge in [0, 0.05) is 5.69 Å². The van der Waals surface area contributed by atoms with Gasteiger partial charge in [0.25, 0.3) is 0 Å². The van der Waals surface area contributed by atoms with Crippen molar-refractivity contribution >= 4 is 46.4 Å². The number of para-hydroxylation sites is 1. The molecule has 0 bridgehead atoms. The fraction of sp³-hybridized carbons (Fsp3) is 0.0556. The van der Waals surface area contributed by atoms with Gasteiger partial charge in [0.15, 0.2) is 5.96 Å². The van der Waals surface area contributed by atoms with Crippen molar-refractivity contribution in [1.82, 2.24) is 0 Å². The Balaban J connectivity index is 0.00000176. The Morgan fingerprint density at radius 1 is 0.864 bits per heavy atom. The molecule has 22 heavy (non-hydrogen) atoms. The average molecular weight is 403 g/mol. The minimum absolute atomic E-state index is 0. The van der Waals surface area contributed by atoms with Crippen LogP contribution in [0.1, 0.15) is 5.56 Å². The Kier molecular flexibility index (Phi) is 5.77. The van der Waals surface area contributed by atoms with E-state index < -0.39 is 0 Å². The number of fused-ring (bicyclic) bond motifs is 1. The Morgan fingerprint density at radius 2 is 1.55 bits per heavy atom. The van der Waals surface area contributed by atoms with Crippen LogP contribution >= 0.6 is 24.0 Å². The van der Waals surface area contributed by atoms with Crippen LogP contribution in [0.2, 0.25) is 0 Å². The lowest BCUT2D eigenvalue weighted by atomic mass is 10.1. The number of hydrogen-bond donors (Lipinski definition) is 2. The van der Waals surface area contributed by atoms with Crippen LogP contribution in [-0.4, -0.2) is 5.96 Å². The maximum absolute atomic E-state index is 5.91. The van der Waals surface area contributed by atoms with Gasteiger partial charge >= 0.3 is 0 Å². The lowest BCUT2D eigenvalue weighted by molar-refractivity contribution is 1.06. The van der Waals surface area contributed by atoms with Crippen LogP contribution in [0.15, 0.2) is 77.8 Å². The van der Waals surface area contributed by atoms with Crippen LogP contribution in [0, 0.1) is 0 Å². The molecule has 0 radical (unpaired) electrons. The summed E-state index contributed by atoms with van der Waals surface area (Å²) in [6.07, 6.45) is 0. The SMILES string of the molecule is I.NC(=NCc1ccc2ccccc2c1)Nc1ccccc1. The number of nitrogens with one attached hydrogen (secondary N) is 1. The number of benzene rings is 3. The fourth-order valence-electron chi connectivity index (χ4n) is 2.22. The van der Waals surface area contributed by atoms with Crippen molar-refractivity contribution in [3.05, 3.63) is 78.4 Å². The van der Waals surface area contributed by atoms with Crippen molar-refractivity contribution in [1.29, 1.82) is 0 Å². The van der Waals surface area contributed by atoms with Crippen LogP contribution in [0.5, 0.6) is 0 Å². The van der Waals surface area contributed by atoms with Crippen molar-refractivity contribution in [2.75, 3.05) is 5.32 Å². The van der Waals surface area contributed by atoms with E-state index in [1.165, 1.54) is 10.8 Å². The van der Waals surface area contributed by atoms with Gasteiger partial charge < -0.3 is 11.1 Å². The van der Waals surface area contributed by atoms with Crippen LogP contribution in [0.4, 0.5) is 5.69 Å². The van der Waals surface area contributed by atoms with Gasteiger partial charge in [0.05, 0.1) is 6.54 Å². The van der Waals surface area contributed by atoms with Gasteiger partial charge in [0.2, 0.25) is 0 Å². The molecule has 0 saturated heterocycles. The molecule has 0 aliphatic rings. The minimum atomic E-state index is 0. The second-order valence-electron chi connectivity index (χ2n) is 4.87. The molecular formula is C18H18IN3. The predicted molar refractivity (Wildman–Crippen MR) is 105 cm³/mol. The highest BCUT2D eigenvalue weighted by molar-refractivity contribution is 14.0. The summed E-state index contributed by atoms with van der Waals surface area (Å²) in [7, 11) is 0. The van der Waals surface area contributed by atoms with Crippen LogP contribution < -0.4 is 11.1 Å². The minimum Gasteiger partial charge on any atom is -0.370 e. The Morgan fingerprint density at radius 3 is 2.32 bits per heavy atom. The number of guanidine groups is 1. The first kappa shape index (κ1) is 16.3. The van der Waals surface area contributed by atoms with E-state index >= 15 is 0 Å². The lowest BCUT2D eigenvalue weighted by Crippen LogP contribution is -2.22. The van der Waals surface area contributed by atoms with E-state index in [9.17, 15) is 0 Å². The first-order chi connectivity index (χ1) is 10.3. The summed E-state index contributed by atoms with van der Waals surface area (Å²) in [5.74, 6) is 0.425. The predicted octanol–water partition coefficient (Wildman–Crippen LogP) is 4.38. The maximum Gasteiger partial charge on any atom is 0.193 e. The second kappa shape index (κ2) is 7.79. The normalized spacial score (nSPS) is 11.0. The first-order valence-electron chi connectivity index (χ1n) is 6.91. The molecule has 3 aromatic rings. The molecular weight excluding hydrogens is 385 g/mol. The monoisotopic (exact) mass is 403 g/mol. The third-order valence-electron chi connectivity index (χ3n) is 3.29. The molecule has 0 atom stereocenters. The summed E-state index contributed by atoms with van der Waals surface area (Å²) in [5, 5.41) is 5.54. The summed E-state index contributed by atoms with van der Waals surface area (Å²) < 4.78 is 0. The molecule has 3 rings (SSSR count). The number of anilines is 1. The van der Waals surface area contributed by atoms with Crippen LogP contribution in [0.25, 0.3) is 10.8 Å². The number of hydrogen-bond acceptors (Lipinski definition) is 1. The molecule has 0 heterocycles. The van der Waals surface area contributed by atoms with Crippen molar-refractivity contribution in [3.8, 4) is 0 Å². The van der Waals surface area contributed by atoms with Gasteiger partial charge in [-0.1, -0.05) is 54.6 Å². The molecule has 3 N–H and O–H groups in total. The summed E-state index contributed by atoms with van der Waals surface area (Å²) in [4.78, 5) is 4.38. The summed E-state index contributed by atoms with van der Waals surface area (Å²) >= 11 is 0. The number of rotatable bonds is 3. The molecule has 0 unspecified atom stereocenters. The smallest absolute Gasteiger partial charge is 0.193 e. The Labute approximate surface area is 147 Å². The van der Waals surface area contributed by atoms with E-state index in [0.29, 0.717) is 12.5 Å². The Hall–Kier alpha value is -2.08. The van der Waals surface area contributed by atoms with E-state index in [1.807, 2.05) is 42.5 Å². The number of nitrogens with zero attached hydrogens (tertiary/aromatic N) is 1. The highest BCUT2D eigenvalue weighted by Gasteiger charge is 1.97. The number of nitrogens with two attached hydrogens (primary N) is 1. The number of halogens is 1. The second-order valence-corrected chi connectivity index (χ2v) is 4.87. The topological polar surface area (TPSA) is 50.4 Å². The van der Waals surface area contributed by atoms with Crippen molar-refractivity contribution in [2.24, 2.45) is 10.7 Å². The van der Waals surface area contributed by atoms with Crippen molar-refractivity contribution in [2.45, 2.75) is 6.54 Å². The van der Waals surface area contributed by atoms with E-state index in [1.54, 1.807) is 0 Å². The molecule has 0 aliphatic heterocycles. The van der Waals surface area contributed by atoms with E-state index in [2.05, 4.69) is 40.6 Å². The average Bonchev–Trinajstić information content (AvgIpc) is 2.54. The quantitative estimate of drug-likeness (QED) is 0.387. The fourth-order valence-corrected chi connectivity index (χ4v) is 2.22. The third kappa shape index (κ3) is 4.21. The van der Waals surface area contributed by atoms with E-state index in [0.717, 1.165) is 11.3 Å². The zero-order valence-corrected chi connectivity index (χ0v) is 14.4. The van der Waals surface area contributed by atoms with E-state index in [-0.39, 0.29) is 24.0 Å². The molecule has 0 aliphatic carbocycles. The maximum atomic E-state index is 5.91. The molecule has 112 valence electrons. The molecule has 0 fully saturated rings. The molecule has 0 saturated carbocycles. The zero-order valence-electron chi connectivity index (χ0n) is 12.1. The van der Waals surface area contributed by atoms with Crippen LogP contribution in [-0.2, 0) is 6.54 Å². The van der Waals surface area contributed by atoms with Gasteiger partial charge in [-0.2, -0.15) is 0 Å². The van der Waals surface area contributed by atoms with Crippen LogP contribution in [0.3, 0.4) is 0 Å². The summed E-state index contributed by atoms with van der Waals surface area (Å²) in [6, 6.07) is 24.4. The summed E-state index contributed by atoms with van der Waals surface area (Å²) in [5.41, 5.74) is 7.99.